The summed E-state index contributed by atoms with van der Waals surface area (Å²) in [7, 11) is 2.42. The highest BCUT2D eigenvalue weighted by atomic mass is 16.7. The number of aliphatic hydroxyl groups excluding tert-OH is 2. The summed E-state index contributed by atoms with van der Waals surface area (Å²) in [5.41, 5.74) is -1.97. The zero-order chi connectivity index (χ0) is 47.1. The predicted molar refractivity (Wildman–Crippen MR) is 224 cm³/mol. The molecular weight excluding hydrogens is 824 g/mol. The summed E-state index contributed by atoms with van der Waals surface area (Å²) in [4.78, 5) is 65.1. The Labute approximate surface area is 370 Å². The van der Waals surface area contributed by atoms with Crippen molar-refractivity contribution in [2.45, 2.75) is 193 Å². The molecular formula is C46H70O17. The molecule has 4 rings (SSSR count). The number of hydrogen-bond donors (Lipinski definition) is 4. The maximum absolute atomic E-state index is 13.5. The third-order valence-corrected chi connectivity index (χ3v) is 12.5. The molecule has 0 radical (unpaired) electrons. The molecule has 11 atom stereocenters. The number of carbonyl (C=O) groups excluding carboxylic acids is 5. The summed E-state index contributed by atoms with van der Waals surface area (Å²) >= 11 is 0. The number of esters is 5. The topological polar surface area (TPSA) is 240 Å². The Hall–Kier alpha value is -3.71. The van der Waals surface area contributed by atoms with E-state index < -0.39 is 114 Å². The Bertz CT molecular complexity index is 1730. The Balaban J connectivity index is 1.88. The van der Waals surface area contributed by atoms with Gasteiger partial charge in [0, 0.05) is 56.1 Å². The van der Waals surface area contributed by atoms with Crippen LogP contribution in [0.15, 0.2) is 35.5 Å². The Morgan fingerprint density at radius 1 is 0.857 bits per heavy atom. The summed E-state index contributed by atoms with van der Waals surface area (Å²) in [5.74, 6) is -7.91. The highest BCUT2D eigenvalue weighted by Crippen LogP contribution is 2.50. The summed E-state index contributed by atoms with van der Waals surface area (Å²) in [6, 6.07) is 0. The summed E-state index contributed by atoms with van der Waals surface area (Å²) in [6.45, 7) is 13.6. The lowest BCUT2D eigenvalue weighted by Gasteiger charge is -2.54. The van der Waals surface area contributed by atoms with E-state index in [2.05, 4.69) is 0 Å². The Morgan fingerprint density at radius 3 is 2.14 bits per heavy atom. The van der Waals surface area contributed by atoms with Crippen molar-refractivity contribution in [3.8, 4) is 0 Å². The lowest BCUT2D eigenvalue weighted by molar-refractivity contribution is -0.349. The first-order valence-corrected chi connectivity index (χ1v) is 22.0. The van der Waals surface area contributed by atoms with Gasteiger partial charge in [-0.1, -0.05) is 66.2 Å². The van der Waals surface area contributed by atoms with Crippen molar-refractivity contribution in [2.24, 2.45) is 16.7 Å². The second-order valence-corrected chi connectivity index (χ2v) is 19.0. The van der Waals surface area contributed by atoms with Gasteiger partial charge < -0.3 is 58.3 Å². The van der Waals surface area contributed by atoms with E-state index in [0.29, 0.717) is 12.0 Å². The molecule has 3 fully saturated rings. The van der Waals surface area contributed by atoms with E-state index in [1.54, 1.807) is 46.8 Å². The third-order valence-electron chi connectivity index (χ3n) is 12.5. The second kappa shape index (κ2) is 21.5. The molecule has 0 aromatic heterocycles. The molecule has 11 unspecified atom stereocenters. The molecule has 17 heteroatoms. The number of ether oxygens (including phenoxy) is 8. The molecule has 0 saturated carbocycles. The Kier molecular flexibility index (Phi) is 17.7. The van der Waals surface area contributed by atoms with Crippen LogP contribution in [0.3, 0.4) is 0 Å². The normalized spacial score (nSPS) is 35.5. The van der Waals surface area contributed by atoms with E-state index in [-0.39, 0.29) is 69.3 Å². The van der Waals surface area contributed by atoms with Gasteiger partial charge in [-0.25, -0.2) is 9.59 Å². The lowest BCUT2D eigenvalue weighted by Crippen LogP contribution is -2.62. The molecule has 0 aromatic rings. The van der Waals surface area contributed by atoms with Gasteiger partial charge in [0.25, 0.3) is 0 Å². The van der Waals surface area contributed by atoms with Crippen LogP contribution in [0.25, 0.3) is 0 Å². The summed E-state index contributed by atoms with van der Waals surface area (Å²) in [6.07, 6.45) is -4.43. The molecule has 4 N–H and O–H groups in total. The second-order valence-electron chi connectivity index (χ2n) is 19.0. The minimum atomic E-state index is -2.41. The van der Waals surface area contributed by atoms with Crippen molar-refractivity contribution in [3.05, 3.63) is 35.5 Å². The van der Waals surface area contributed by atoms with Crippen LogP contribution in [0.5, 0.6) is 0 Å². The number of rotatable bonds is 9. The van der Waals surface area contributed by atoms with Crippen LogP contribution in [0, 0.1) is 16.7 Å². The minimum Gasteiger partial charge on any atom is -0.466 e. The van der Waals surface area contributed by atoms with Crippen LogP contribution in [-0.4, -0.2) is 131 Å². The standard InChI is InChI=1S/C46H70O17/c1-11-12-37(49)61-42-29(20-39(51)57-10)19-32-23-35(27(4)47)59-41(53)22-30(48)21-33-24-36(60-40(52)15-26(2)3)44(7,8)45(54,62-33)25-34-17-28(18-38(50)56-9)16-31(58-34)13-14-43(5,6)46(42,55)63-32/h13-14,18,20,26-27,30-36,42,47-48,54-55H,11-12,15-17,19,21-25H2,1-10H3. The number of cyclic esters (lactones) is 1. The molecule has 3 saturated heterocycles. The van der Waals surface area contributed by atoms with E-state index >= 15 is 0 Å². The zero-order valence-corrected chi connectivity index (χ0v) is 38.5. The number of carbonyl (C=O) groups is 5. The van der Waals surface area contributed by atoms with Gasteiger partial charge in [0.2, 0.25) is 5.79 Å². The molecule has 63 heavy (non-hydrogen) atoms. The van der Waals surface area contributed by atoms with E-state index in [1.807, 2.05) is 13.8 Å². The van der Waals surface area contributed by atoms with Crippen LogP contribution in [0.1, 0.15) is 126 Å². The highest BCUT2D eigenvalue weighted by Gasteiger charge is 2.59. The van der Waals surface area contributed by atoms with Gasteiger partial charge in [0.1, 0.15) is 12.2 Å². The largest absolute Gasteiger partial charge is 0.466 e. The molecule has 17 nitrogen and oxygen atoms in total. The van der Waals surface area contributed by atoms with E-state index in [1.165, 1.54) is 27.2 Å². The predicted octanol–water partition coefficient (Wildman–Crippen LogP) is 4.19. The molecule has 4 heterocycles. The van der Waals surface area contributed by atoms with E-state index in [9.17, 15) is 44.4 Å². The molecule has 0 aromatic carbocycles. The van der Waals surface area contributed by atoms with Crippen LogP contribution in [0.2, 0.25) is 0 Å². The van der Waals surface area contributed by atoms with Gasteiger partial charge in [-0.3, -0.25) is 14.4 Å². The van der Waals surface area contributed by atoms with Crippen molar-refractivity contribution in [1.82, 2.24) is 0 Å². The fourth-order valence-corrected chi connectivity index (χ4v) is 8.68. The fourth-order valence-electron chi connectivity index (χ4n) is 8.68. The number of methoxy groups -OCH3 is 2. The molecule has 4 aliphatic rings. The number of fused-ring (bicyclic) bond motifs is 6. The fraction of sp³-hybridized carbons (Fsp3) is 0.761. The maximum Gasteiger partial charge on any atom is 0.330 e. The van der Waals surface area contributed by atoms with Gasteiger partial charge in [-0.05, 0) is 44.1 Å². The summed E-state index contributed by atoms with van der Waals surface area (Å²) in [5, 5.41) is 47.7. The molecule has 0 aliphatic carbocycles. The van der Waals surface area contributed by atoms with Crippen LogP contribution in [0.4, 0.5) is 0 Å². The first kappa shape index (κ1) is 51.9. The average Bonchev–Trinajstić information content (AvgIpc) is 3.16. The molecule has 356 valence electrons. The van der Waals surface area contributed by atoms with Crippen molar-refractivity contribution >= 4 is 29.8 Å². The Morgan fingerprint density at radius 2 is 1.52 bits per heavy atom. The molecule has 0 amide bonds. The van der Waals surface area contributed by atoms with E-state index in [0.717, 1.165) is 6.08 Å². The molecule has 4 aliphatic heterocycles. The molecule has 6 bridgehead atoms. The van der Waals surface area contributed by atoms with Crippen molar-refractivity contribution < 1.29 is 82.3 Å². The van der Waals surface area contributed by atoms with Gasteiger partial charge in [-0.15, -0.1) is 0 Å². The van der Waals surface area contributed by atoms with Gasteiger partial charge >= 0.3 is 29.8 Å². The number of aliphatic hydroxyl groups is 4. The molecule has 0 spiro atoms. The van der Waals surface area contributed by atoms with E-state index in [4.69, 9.17) is 37.9 Å². The van der Waals surface area contributed by atoms with Gasteiger partial charge in [-0.2, -0.15) is 0 Å². The number of hydrogen-bond acceptors (Lipinski definition) is 17. The first-order valence-electron chi connectivity index (χ1n) is 22.0. The van der Waals surface area contributed by atoms with Crippen molar-refractivity contribution in [3.63, 3.8) is 0 Å². The van der Waals surface area contributed by atoms with Gasteiger partial charge in [0.15, 0.2) is 11.9 Å². The quantitative estimate of drug-likeness (QED) is 0.110. The highest BCUT2D eigenvalue weighted by molar-refractivity contribution is 5.83. The smallest absolute Gasteiger partial charge is 0.330 e. The van der Waals surface area contributed by atoms with Crippen LogP contribution < -0.4 is 0 Å². The summed E-state index contributed by atoms with van der Waals surface area (Å²) < 4.78 is 47.0. The monoisotopic (exact) mass is 894 g/mol. The van der Waals surface area contributed by atoms with Crippen molar-refractivity contribution in [2.75, 3.05) is 14.2 Å². The van der Waals surface area contributed by atoms with Gasteiger partial charge in [0.05, 0.1) is 62.7 Å². The third kappa shape index (κ3) is 13.2. The average molecular weight is 895 g/mol. The SMILES string of the molecule is CCCC(=O)OC1C(=CC(=O)OC)CC2CC(C(C)O)OC(=O)CC(O)CC3CC(OC(=O)CC(C)C)C(C)(C)C(O)(CC4CC(=CC(=O)OC)CC(C=CC(C)(C)C1(O)O2)O4)O3. The zero-order valence-electron chi connectivity index (χ0n) is 38.5. The van der Waals surface area contributed by atoms with Crippen LogP contribution >= 0.6 is 0 Å². The lowest BCUT2D eigenvalue weighted by atomic mass is 9.70. The van der Waals surface area contributed by atoms with Crippen molar-refractivity contribution in [1.29, 1.82) is 0 Å². The maximum atomic E-state index is 13.5. The van der Waals surface area contributed by atoms with Crippen LogP contribution in [-0.2, 0) is 61.9 Å². The minimum absolute atomic E-state index is 0.00780. The first-order chi connectivity index (χ1) is 29.3.